The zero-order valence-corrected chi connectivity index (χ0v) is 20.9. The molecule has 1 aromatic heterocycles. The van der Waals surface area contributed by atoms with Gasteiger partial charge in [0.1, 0.15) is 6.07 Å². The average Bonchev–Trinajstić information content (AvgIpc) is 3.39. The molecule has 4 saturated carbocycles. The highest BCUT2D eigenvalue weighted by Crippen LogP contribution is 2.69. The smallest absolute Gasteiger partial charge is 0.254 e. The summed E-state index contributed by atoms with van der Waals surface area (Å²) in [6.45, 7) is 12.9. The van der Waals surface area contributed by atoms with E-state index in [9.17, 15) is 0 Å². The van der Waals surface area contributed by atoms with Gasteiger partial charge in [-0.25, -0.2) is 8.78 Å². The zero-order valence-electron chi connectivity index (χ0n) is 20.9. The fraction of sp³-hybridized carbons (Fsp3) is 0.786. The predicted molar refractivity (Wildman–Crippen MR) is 128 cm³/mol. The number of nitrogens with zero attached hydrogens (tertiary/aromatic N) is 3. The van der Waals surface area contributed by atoms with Gasteiger partial charge in [0, 0.05) is 18.0 Å². The molecule has 8 atom stereocenters. The van der Waals surface area contributed by atoms with Crippen molar-refractivity contribution in [2.45, 2.75) is 91.5 Å². The van der Waals surface area contributed by atoms with E-state index in [0.29, 0.717) is 30.0 Å². The Morgan fingerprint density at radius 1 is 1.15 bits per heavy atom. The van der Waals surface area contributed by atoms with Crippen molar-refractivity contribution in [1.29, 1.82) is 5.26 Å². The molecule has 33 heavy (non-hydrogen) atoms. The molecule has 182 valence electrons. The third-order valence-electron chi connectivity index (χ3n) is 9.94. The largest absolute Gasteiger partial charge is 0.267 e. The van der Waals surface area contributed by atoms with Crippen LogP contribution in [0.2, 0.25) is 0 Å². The summed E-state index contributed by atoms with van der Waals surface area (Å²) in [5.41, 5.74) is 0.189. The number of halogens is 2. The molecule has 3 nitrogen and oxygen atoms in total. The number of aromatic nitrogens is 2. The third kappa shape index (κ3) is 3.96. The Kier molecular flexibility index (Phi) is 6.78. The molecule has 0 N–H and O–H groups in total. The standard InChI is InChI=1S/C26H35F2N3.C2H6/c1-16-4-6-20-18(12-16)5-7-21-22(20)13-26(27,28)25(3)23(8-9-24(21)25)17(2)15-31-11-10-19(14-29)30-31;1-2/h10-11,16,18,20-24H,2,4-9,12-13,15H2,1,3H3;1-2H3. The van der Waals surface area contributed by atoms with Crippen LogP contribution in [0.3, 0.4) is 0 Å². The normalized spacial score (nSPS) is 40.9. The molecule has 5 heteroatoms. The van der Waals surface area contributed by atoms with E-state index in [1.165, 1.54) is 19.3 Å². The van der Waals surface area contributed by atoms with Crippen LogP contribution in [0.5, 0.6) is 0 Å². The molecule has 1 aromatic rings. The molecule has 0 aliphatic heterocycles. The van der Waals surface area contributed by atoms with E-state index in [1.54, 1.807) is 16.9 Å². The lowest BCUT2D eigenvalue weighted by Gasteiger charge is -2.59. The maximum absolute atomic E-state index is 16.1. The molecule has 0 aromatic carbocycles. The molecular weight excluding hydrogens is 416 g/mol. The summed E-state index contributed by atoms with van der Waals surface area (Å²) in [5, 5.41) is 13.2. The second-order valence-electron chi connectivity index (χ2n) is 11.3. The Balaban J connectivity index is 0.00000126. The van der Waals surface area contributed by atoms with Crippen molar-refractivity contribution in [3.63, 3.8) is 0 Å². The highest BCUT2D eigenvalue weighted by atomic mass is 19.3. The third-order valence-corrected chi connectivity index (χ3v) is 9.94. The highest BCUT2D eigenvalue weighted by Gasteiger charge is 2.69. The van der Waals surface area contributed by atoms with Gasteiger partial charge in [0.15, 0.2) is 5.69 Å². The molecular formula is C28H41F2N3. The van der Waals surface area contributed by atoms with Crippen LogP contribution in [0, 0.1) is 58.2 Å². The van der Waals surface area contributed by atoms with E-state index < -0.39 is 11.3 Å². The van der Waals surface area contributed by atoms with Crippen LogP contribution >= 0.6 is 0 Å². The summed E-state index contributed by atoms with van der Waals surface area (Å²) in [6.07, 6.45) is 9.51. The van der Waals surface area contributed by atoms with E-state index in [4.69, 9.17) is 5.26 Å². The van der Waals surface area contributed by atoms with Crippen LogP contribution < -0.4 is 0 Å². The second kappa shape index (κ2) is 9.16. The molecule has 4 aliphatic carbocycles. The SMILES string of the molecule is C=C(Cn1ccc(C#N)n1)C1CCC2C3CCC4CC(C)CCC4C3CC(F)(F)C12C.CC. The lowest BCUT2D eigenvalue weighted by atomic mass is 9.48. The van der Waals surface area contributed by atoms with Crippen LogP contribution in [0.4, 0.5) is 8.78 Å². The fourth-order valence-electron chi connectivity index (χ4n) is 8.52. The topological polar surface area (TPSA) is 41.6 Å². The Hall–Kier alpha value is -1.70. The molecule has 0 spiro atoms. The van der Waals surface area contributed by atoms with Gasteiger partial charge in [-0.15, -0.1) is 0 Å². The lowest BCUT2D eigenvalue weighted by molar-refractivity contribution is -0.223. The second-order valence-corrected chi connectivity index (χ2v) is 11.3. The quantitative estimate of drug-likeness (QED) is 0.441. The maximum Gasteiger partial charge on any atom is 0.254 e. The number of rotatable bonds is 3. The highest BCUT2D eigenvalue weighted by molar-refractivity contribution is 5.21. The molecule has 0 radical (unpaired) electrons. The van der Waals surface area contributed by atoms with Crippen molar-refractivity contribution in [3.05, 3.63) is 30.1 Å². The molecule has 0 bridgehead atoms. The Morgan fingerprint density at radius 2 is 1.88 bits per heavy atom. The van der Waals surface area contributed by atoms with E-state index in [-0.39, 0.29) is 24.2 Å². The van der Waals surface area contributed by atoms with Gasteiger partial charge in [-0.2, -0.15) is 10.4 Å². The Bertz CT molecular complexity index is 899. The summed E-state index contributed by atoms with van der Waals surface area (Å²) in [7, 11) is 0. The molecule has 1 heterocycles. The fourth-order valence-corrected chi connectivity index (χ4v) is 8.52. The minimum absolute atomic E-state index is 0.0738. The van der Waals surface area contributed by atoms with Gasteiger partial charge in [0.2, 0.25) is 0 Å². The van der Waals surface area contributed by atoms with Gasteiger partial charge in [-0.3, -0.25) is 4.68 Å². The molecule has 5 rings (SSSR count). The van der Waals surface area contributed by atoms with Crippen molar-refractivity contribution in [2.24, 2.45) is 46.8 Å². The number of nitriles is 1. The van der Waals surface area contributed by atoms with Crippen molar-refractivity contribution in [3.8, 4) is 6.07 Å². The first kappa shape index (κ1) is 24.4. The molecule has 0 saturated heterocycles. The van der Waals surface area contributed by atoms with Crippen LogP contribution in [-0.4, -0.2) is 15.7 Å². The van der Waals surface area contributed by atoms with Crippen molar-refractivity contribution in [1.82, 2.24) is 9.78 Å². The monoisotopic (exact) mass is 457 g/mol. The molecule has 8 unspecified atom stereocenters. The van der Waals surface area contributed by atoms with Gasteiger partial charge < -0.3 is 0 Å². The number of alkyl halides is 2. The molecule has 0 amide bonds. The first-order chi connectivity index (χ1) is 15.7. The van der Waals surface area contributed by atoms with Crippen molar-refractivity contribution >= 4 is 0 Å². The number of hydrogen-bond acceptors (Lipinski definition) is 2. The summed E-state index contributed by atoms with van der Waals surface area (Å²) in [6, 6.07) is 3.69. The van der Waals surface area contributed by atoms with E-state index >= 15 is 8.78 Å². The van der Waals surface area contributed by atoms with Crippen LogP contribution in [0.15, 0.2) is 24.4 Å². The minimum atomic E-state index is -2.66. The van der Waals surface area contributed by atoms with Gasteiger partial charge in [0.25, 0.3) is 5.92 Å². The first-order valence-electron chi connectivity index (χ1n) is 13.2. The summed E-state index contributed by atoms with van der Waals surface area (Å²) in [5.74, 6) is -0.149. The van der Waals surface area contributed by atoms with Crippen LogP contribution in [0.1, 0.15) is 84.8 Å². The van der Waals surface area contributed by atoms with Crippen LogP contribution in [-0.2, 0) is 6.54 Å². The van der Waals surface area contributed by atoms with Gasteiger partial charge in [-0.1, -0.05) is 46.3 Å². The number of fused-ring (bicyclic) bond motifs is 5. The van der Waals surface area contributed by atoms with E-state index in [2.05, 4.69) is 18.6 Å². The average molecular weight is 458 g/mol. The summed E-state index contributed by atoms with van der Waals surface area (Å²) in [4.78, 5) is 0. The minimum Gasteiger partial charge on any atom is -0.267 e. The van der Waals surface area contributed by atoms with E-state index in [0.717, 1.165) is 37.2 Å². The Morgan fingerprint density at radius 3 is 2.58 bits per heavy atom. The Labute approximate surface area is 198 Å². The van der Waals surface area contributed by atoms with Crippen LogP contribution in [0.25, 0.3) is 0 Å². The van der Waals surface area contributed by atoms with Crippen molar-refractivity contribution < 1.29 is 8.78 Å². The summed E-state index contributed by atoms with van der Waals surface area (Å²) >= 11 is 0. The zero-order chi connectivity index (χ0) is 24.0. The van der Waals surface area contributed by atoms with Gasteiger partial charge >= 0.3 is 0 Å². The van der Waals surface area contributed by atoms with Gasteiger partial charge in [0.05, 0.1) is 6.54 Å². The van der Waals surface area contributed by atoms with E-state index in [1.807, 2.05) is 26.8 Å². The van der Waals surface area contributed by atoms with Crippen molar-refractivity contribution in [2.75, 3.05) is 0 Å². The number of allylic oxidation sites excluding steroid dienone is 1. The predicted octanol–water partition coefficient (Wildman–Crippen LogP) is 7.49. The number of hydrogen-bond donors (Lipinski definition) is 0. The lowest BCUT2D eigenvalue weighted by Crippen LogP contribution is -2.58. The summed E-state index contributed by atoms with van der Waals surface area (Å²) < 4.78 is 33.8. The van der Waals surface area contributed by atoms with Gasteiger partial charge in [-0.05, 0) is 86.0 Å². The first-order valence-corrected chi connectivity index (χ1v) is 13.2. The molecule has 4 fully saturated rings. The molecule has 4 aliphatic rings. The maximum atomic E-state index is 16.1.